The van der Waals surface area contributed by atoms with Crippen LogP contribution in [-0.2, 0) is 4.79 Å². The Bertz CT molecular complexity index is 292. The van der Waals surface area contributed by atoms with Crippen molar-refractivity contribution >= 4 is 5.91 Å². The van der Waals surface area contributed by atoms with Crippen molar-refractivity contribution in [3.05, 3.63) is 0 Å². The standard InChI is InChI=1S/C16H30N2O/c1-12-7-4-3-5-9-14(12)18-16(19)11-15-13(2)8-6-10-17-15/h12-15,17H,3-11H2,1-2H3,(H,18,19). The first-order valence-corrected chi connectivity index (χ1v) is 8.19. The number of carbonyl (C=O) groups excluding carboxylic acids is 1. The van der Waals surface area contributed by atoms with Crippen LogP contribution in [0.25, 0.3) is 0 Å². The molecule has 2 aliphatic rings. The summed E-state index contributed by atoms with van der Waals surface area (Å²) in [5, 5.41) is 6.80. The molecule has 2 rings (SSSR count). The average Bonchev–Trinajstić information content (AvgIpc) is 2.58. The van der Waals surface area contributed by atoms with Gasteiger partial charge in [-0.15, -0.1) is 0 Å². The van der Waals surface area contributed by atoms with Gasteiger partial charge in [-0.25, -0.2) is 0 Å². The SMILES string of the molecule is CC1CCCNC1CC(=O)NC1CCCCCC1C. The summed E-state index contributed by atoms with van der Waals surface area (Å²) in [5.41, 5.74) is 0. The summed E-state index contributed by atoms with van der Waals surface area (Å²) in [5.74, 6) is 1.53. The van der Waals surface area contributed by atoms with Gasteiger partial charge in [0.1, 0.15) is 0 Å². The zero-order chi connectivity index (χ0) is 13.7. The molecule has 1 amide bonds. The lowest BCUT2D eigenvalue weighted by atomic mass is 9.90. The van der Waals surface area contributed by atoms with Crippen molar-refractivity contribution in [1.29, 1.82) is 0 Å². The predicted molar refractivity (Wildman–Crippen MR) is 79.0 cm³/mol. The van der Waals surface area contributed by atoms with Gasteiger partial charge in [-0.05, 0) is 44.1 Å². The second kappa shape index (κ2) is 7.28. The number of piperidine rings is 1. The third kappa shape index (κ3) is 4.48. The molecule has 2 fully saturated rings. The Morgan fingerprint density at radius 1 is 1.05 bits per heavy atom. The highest BCUT2D eigenvalue weighted by Gasteiger charge is 2.26. The molecule has 0 aromatic carbocycles. The van der Waals surface area contributed by atoms with Crippen LogP contribution in [0, 0.1) is 11.8 Å². The molecule has 1 saturated heterocycles. The van der Waals surface area contributed by atoms with E-state index in [9.17, 15) is 4.79 Å². The minimum Gasteiger partial charge on any atom is -0.353 e. The van der Waals surface area contributed by atoms with Crippen LogP contribution in [0.3, 0.4) is 0 Å². The summed E-state index contributed by atoms with van der Waals surface area (Å²) in [6.07, 6.45) is 9.53. The van der Waals surface area contributed by atoms with Crippen molar-refractivity contribution in [2.45, 2.75) is 77.3 Å². The Morgan fingerprint density at radius 3 is 2.58 bits per heavy atom. The van der Waals surface area contributed by atoms with Gasteiger partial charge in [-0.1, -0.05) is 33.1 Å². The van der Waals surface area contributed by atoms with Crippen molar-refractivity contribution in [3.63, 3.8) is 0 Å². The van der Waals surface area contributed by atoms with Gasteiger partial charge in [-0.3, -0.25) is 4.79 Å². The van der Waals surface area contributed by atoms with Crippen LogP contribution < -0.4 is 10.6 Å². The van der Waals surface area contributed by atoms with E-state index in [-0.39, 0.29) is 5.91 Å². The summed E-state index contributed by atoms with van der Waals surface area (Å²) in [6.45, 7) is 5.62. The van der Waals surface area contributed by atoms with Crippen molar-refractivity contribution in [3.8, 4) is 0 Å². The smallest absolute Gasteiger partial charge is 0.221 e. The van der Waals surface area contributed by atoms with Crippen LogP contribution in [0.5, 0.6) is 0 Å². The molecule has 0 bridgehead atoms. The topological polar surface area (TPSA) is 41.1 Å². The van der Waals surface area contributed by atoms with E-state index < -0.39 is 0 Å². The van der Waals surface area contributed by atoms with Crippen LogP contribution in [-0.4, -0.2) is 24.5 Å². The molecule has 0 aromatic rings. The first-order valence-electron chi connectivity index (χ1n) is 8.19. The monoisotopic (exact) mass is 266 g/mol. The van der Waals surface area contributed by atoms with Gasteiger partial charge in [0.25, 0.3) is 0 Å². The predicted octanol–water partition coefficient (Wildman–Crippen LogP) is 2.85. The second-order valence-corrected chi connectivity index (χ2v) is 6.67. The van der Waals surface area contributed by atoms with Crippen molar-refractivity contribution < 1.29 is 4.79 Å². The van der Waals surface area contributed by atoms with Crippen molar-refractivity contribution in [2.75, 3.05) is 6.54 Å². The highest BCUT2D eigenvalue weighted by atomic mass is 16.1. The van der Waals surface area contributed by atoms with Crippen LogP contribution in [0.2, 0.25) is 0 Å². The van der Waals surface area contributed by atoms with E-state index in [0.717, 1.165) is 6.54 Å². The molecule has 19 heavy (non-hydrogen) atoms. The van der Waals surface area contributed by atoms with Gasteiger partial charge in [0, 0.05) is 18.5 Å². The molecule has 1 heterocycles. The Morgan fingerprint density at radius 2 is 1.79 bits per heavy atom. The molecule has 4 atom stereocenters. The van der Waals surface area contributed by atoms with E-state index in [0.29, 0.717) is 30.3 Å². The number of rotatable bonds is 3. The van der Waals surface area contributed by atoms with E-state index in [1.165, 1.54) is 44.9 Å². The summed E-state index contributed by atoms with van der Waals surface area (Å²) in [4.78, 5) is 12.2. The molecule has 110 valence electrons. The molecular formula is C16H30N2O. The number of carbonyl (C=O) groups is 1. The molecule has 1 saturated carbocycles. The molecule has 2 N–H and O–H groups in total. The fourth-order valence-electron chi connectivity index (χ4n) is 3.56. The van der Waals surface area contributed by atoms with Gasteiger partial charge in [0.2, 0.25) is 5.91 Å². The first kappa shape index (κ1) is 14.8. The summed E-state index contributed by atoms with van der Waals surface area (Å²) < 4.78 is 0. The van der Waals surface area contributed by atoms with Crippen LogP contribution >= 0.6 is 0 Å². The highest BCUT2D eigenvalue weighted by Crippen LogP contribution is 2.23. The lowest BCUT2D eigenvalue weighted by molar-refractivity contribution is -0.123. The normalized spacial score (nSPS) is 36.5. The van der Waals surface area contributed by atoms with Gasteiger partial charge in [0.05, 0.1) is 0 Å². The summed E-state index contributed by atoms with van der Waals surface area (Å²) in [6, 6.07) is 0.795. The summed E-state index contributed by atoms with van der Waals surface area (Å²) >= 11 is 0. The molecule has 0 spiro atoms. The van der Waals surface area contributed by atoms with Crippen molar-refractivity contribution in [2.24, 2.45) is 11.8 Å². The molecule has 4 unspecified atom stereocenters. The fourth-order valence-corrected chi connectivity index (χ4v) is 3.56. The Hall–Kier alpha value is -0.570. The number of nitrogens with one attached hydrogen (secondary N) is 2. The van der Waals surface area contributed by atoms with Gasteiger partial charge in [0.15, 0.2) is 0 Å². The van der Waals surface area contributed by atoms with E-state index >= 15 is 0 Å². The highest BCUT2D eigenvalue weighted by molar-refractivity contribution is 5.77. The lowest BCUT2D eigenvalue weighted by Gasteiger charge is -2.31. The van der Waals surface area contributed by atoms with Crippen LogP contribution in [0.4, 0.5) is 0 Å². The Labute approximate surface area is 117 Å². The van der Waals surface area contributed by atoms with Crippen LogP contribution in [0.1, 0.15) is 65.2 Å². The van der Waals surface area contributed by atoms with E-state index in [1.807, 2.05) is 0 Å². The molecule has 3 nitrogen and oxygen atoms in total. The quantitative estimate of drug-likeness (QED) is 0.771. The third-order valence-corrected chi connectivity index (χ3v) is 5.04. The average molecular weight is 266 g/mol. The van der Waals surface area contributed by atoms with Crippen molar-refractivity contribution in [1.82, 2.24) is 10.6 Å². The largest absolute Gasteiger partial charge is 0.353 e. The zero-order valence-corrected chi connectivity index (χ0v) is 12.6. The lowest BCUT2D eigenvalue weighted by Crippen LogP contribution is -2.46. The van der Waals surface area contributed by atoms with Crippen LogP contribution in [0.15, 0.2) is 0 Å². The Kier molecular flexibility index (Phi) is 5.68. The molecule has 3 heteroatoms. The second-order valence-electron chi connectivity index (χ2n) is 6.67. The maximum absolute atomic E-state index is 12.2. The minimum atomic E-state index is 0.255. The molecule has 0 aromatic heterocycles. The number of hydrogen-bond donors (Lipinski definition) is 2. The minimum absolute atomic E-state index is 0.255. The van der Waals surface area contributed by atoms with E-state index in [1.54, 1.807) is 0 Å². The van der Waals surface area contributed by atoms with Gasteiger partial charge >= 0.3 is 0 Å². The van der Waals surface area contributed by atoms with E-state index in [2.05, 4.69) is 24.5 Å². The fraction of sp³-hybridized carbons (Fsp3) is 0.938. The molecule has 1 aliphatic heterocycles. The first-order chi connectivity index (χ1) is 9.16. The Balaban J connectivity index is 1.79. The van der Waals surface area contributed by atoms with Gasteiger partial charge < -0.3 is 10.6 Å². The third-order valence-electron chi connectivity index (χ3n) is 5.04. The molecule has 0 radical (unpaired) electrons. The van der Waals surface area contributed by atoms with E-state index in [4.69, 9.17) is 0 Å². The zero-order valence-electron chi connectivity index (χ0n) is 12.6. The molecular weight excluding hydrogens is 236 g/mol. The number of amides is 1. The maximum atomic E-state index is 12.2. The van der Waals surface area contributed by atoms with Gasteiger partial charge in [-0.2, -0.15) is 0 Å². The summed E-state index contributed by atoms with van der Waals surface area (Å²) in [7, 11) is 0. The number of hydrogen-bond acceptors (Lipinski definition) is 2. The maximum Gasteiger partial charge on any atom is 0.221 e. The molecule has 1 aliphatic carbocycles.